The van der Waals surface area contributed by atoms with Crippen LogP contribution in [-0.4, -0.2) is 43.9 Å². The average molecular weight is 453 g/mol. The highest BCUT2D eigenvalue weighted by molar-refractivity contribution is 6.32. The van der Waals surface area contributed by atoms with Crippen LogP contribution < -0.4 is 19.3 Å². The van der Waals surface area contributed by atoms with Gasteiger partial charge in [-0.3, -0.25) is 14.4 Å². The lowest BCUT2D eigenvalue weighted by atomic mass is 9.88. The number of fused-ring (bicyclic) bond motifs is 5. The predicted molar refractivity (Wildman–Crippen MR) is 120 cm³/mol. The standard InChI is InChI=1S/C24H21ClN2O5/c1-12(28)22-21-20(17-7-4-13-10-15(31-2)6-8-16(13)26(17)22)23(29)27(24(21)30)18-11-14(25)5-9-19(18)32-3/h4-11,17,20-22H,1-3H3/t17-,20+,21+,22-/m1/s1. The molecule has 0 saturated carbocycles. The molecule has 32 heavy (non-hydrogen) atoms. The highest BCUT2D eigenvalue weighted by Crippen LogP contribution is 2.50. The second kappa shape index (κ2) is 7.38. The zero-order valence-corrected chi connectivity index (χ0v) is 18.5. The minimum absolute atomic E-state index is 0.166. The van der Waals surface area contributed by atoms with Gasteiger partial charge in [0.25, 0.3) is 0 Å². The van der Waals surface area contributed by atoms with Gasteiger partial charge in [0, 0.05) is 16.3 Å². The van der Waals surface area contributed by atoms with Crippen LogP contribution in [0.15, 0.2) is 42.5 Å². The van der Waals surface area contributed by atoms with E-state index in [2.05, 4.69) is 0 Å². The molecule has 4 atom stereocenters. The summed E-state index contributed by atoms with van der Waals surface area (Å²) in [6, 6.07) is 9.17. The molecule has 5 rings (SSSR count). The number of imide groups is 1. The Morgan fingerprint density at radius 3 is 2.41 bits per heavy atom. The normalized spacial score (nSPS) is 25.5. The highest BCUT2D eigenvalue weighted by Gasteiger charge is 2.64. The number of ketones is 1. The van der Waals surface area contributed by atoms with E-state index in [9.17, 15) is 14.4 Å². The summed E-state index contributed by atoms with van der Waals surface area (Å²) >= 11 is 6.15. The van der Waals surface area contributed by atoms with Crippen LogP contribution in [0.25, 0.3) is 6.08 Å². The van der Waals surface area contributed by atoms with Crippen molar-refractivity contribution in [3.05, 3.63) is 53.1 Å². The smallest absolute Gasteiger partial charge is 0.240 e. The molecular weight excluding hydrogens is 432 g/mol. The van der Waals surface area contributed by atoms with Crippen molar-refractivity contribution in [3.63, 3.8) is 0 Å². The fourth-order valence-corrected chi connectivity index (χ4v) is 5.38. The molecule has 0 N–H and O–H groups in total. The number of Topliss-reactive ketones (excluding diaryl/α,β-unsaturated/α-hetero) is 1. The zero-order chi connectivity index (χ0) is 22.7. The van der Waals surface area contributed by atoms with Crippen molar-refractivity contribution in [3.8, 4) is 11.5 Å². The van der Waals surface area contributed by atoms with Gasteiger partial charge in [-0.05, 0) is 43.3 Å². The fourth-order valence-electron chi connectivity index (χ4n) is 5.21. The van der Waals surface area contributed by atoms with Gasteiger partial charge < -0.3 is 14.4 Å². The lowest BCUT2D eigenvalue weighted by Crippen LogP contribution is -2.48. The minimum Gasteiger partial charge on any atom is -0.497 e. The van der Waals surface area contributed by atoms with Gasteiger partial charge in [0.15, 0.2) is 5.78 Å². The largest absolute Gasteiger partial charge is 0.497 e. The Hall–Kier alpha value is -3.32. The Balaban J connectivity index is 1.62. The van der Waals surface area contributed by atoms with E-state index in [4.69, 9.17) is 21.1 Å². The summed E-state index contributed by atoms with van der Waals surface area (Å²) in [4.78, 5) is 43.1. The van der Waals surface area contributed by atoms with E-state index in [0.717, 1.165) is 16.2 Å². The Kier molecular flexibility index (Phi) is 4.74. The van der Waals surface area contributed by atoms with E-state index in [0.29, 0.717) is 22.2 Å². The summed E-state index contributed by atoms with van der Waals surface area (Å²) in [6.07, 6.45) is 3.81. The Labute approximate surface area is 190 Å². The first-order valence-corrected chi connectivity index (χ1v) is 10.6. The Bertz CT molecular complexity index is 1190. The summed E-state index contributed by atoms with van der Waals surface area (Å²) < 4.78 is 10.7. The zero-order valence-electron chi connectivity index (χ0n) is 17.7. The molecule has 2 aromatic carbocycles. The van der Waals surface area contributed by atoms with Gasteiger partial charge in [0.2, 0.25) is 11.8 Å². The second-order valence-electron chi connectivity index (χ2n) is 8.12. The van der Waals surface area contributed by atoms with E-state index in [1.165, 1.54) is 20.1 Å². The molecule has 0 spiro atoms. The van der Waals surface area contributed by atoms with Gasteiger partial charge in [0.1, 0.15) is 17.5 Å². The molecule has 2 saturated heterocycles. The van der Waals surface area contributed by atoms with Crippen molar-refractivity contribution in [1.29, 1.82) is 0 Å². The first kappa shape index (κ1) is 20.6. The molecule has 2 amide bonds. The molecule has 3 aliphatic heterocycles. The maximum absolute atomic E-state index is 13.6. The van der Waals surface area contributed by atoms with Gasteiger partial charge in [-0.25, -0.2) is 4.90 Å². The molecule has 2 aromatic rings. The SMILES string of the molecule is COc1ccc2c(c1)C=C[C@@H]1[C@@H]3C(=O)N(c4cc(Cl)ccc4OC)C(=O)[C@@H]3[C@@H](C(C)=O)N21. The number of ether oxygens (including phenoxy) is 2. The molecule has 0 aliphatic carbocycles. The van der Waals surface area contributed by atoms with Crippen molar-refractivity contribution in [2.24, 2.45) is 11.8 Å². The maximum atomic E-state index is 13.6. The molecular formula is C24H21ClN2O5. The lowest BCUT2D eigenvalue weighted by Gasteiger charge is -2.36. The van der Waals surface area contributed by atoms with E-state index in [1.807, 2.05) is 35.3 Å². The third-order valence-corrected chi connectivity index (χ3v) is 6.75. The number of hydrogen-bond donors (Lipinski definition) is 0. The fraction of sp³-hybridized carbons (Fsp3) is 0.292. The molecule has 0 bridgehead atoms. The number of rotatable bonds is 4. The first-order chi connectivity index (χ1) is 15.4. The number of methoxy groups -OCH3 is 2. The number of nitrogens with zero attached hydrogens (tertiary/aromatic N) is 2. The Morgan fingerprint density at radius 1 is 0.969 bits per heavy atom. The van der Waals surface area contributed by atoms with Crippen LogP contribution in [0.1, 0.15) is 12.5 Å². The monoisotopic (exact) mass is 452 g/mol. The first-order valence-electron chi connectivity index (χ1n) is 10.2. The van der Waals surface area contributed by atoms with E-state index in [1.54, 1.807) is 19.2 Å². The molecule has 7 nitrogen and oxygen atoms in total. The molecule has 2 fully saturated rings. The maximum Gasteiger partial charge on any atom is 0.240 e. The number of halogens is 1. The third-order valence-electron chi connectivity index (χ3n) is 6.51. The number of anilines is 2. The number of carbonyl (C=O) groups excluding carboxylic acids is 3. The summed E-state index contributed by atoms with van der Waals surface area (Å²) in [6.45, 7) is 1.46. The van der Waals surface area contributed by atoms with Crippen LogP contribution >= 0.6 is 11.6 Å². The van der Waals surface area contributed by atoms with Crippen molar-refractivity contribution in [2.75, 3.05) is 24.0 Å². The molecule has 3 aliphatic rings. The number of hydrogen-bond acceptors (Lipinski definition) is 6. The van der Waals surface area contributed by atoms with Crippen LogP contribution in [0.4, 0.5) is 11.4 Å². The summed E-state index contributed by atoms with van der Waals surface area (Å²) in [5, 5.41) is 0.378. The summed E-state index contributed by atoms with van der Waals surface area (Å²) in [7, 11) is 3.06. The molecule has 8 heteroatoms. The van der Waals surface area contributed by atoms with Crippen molar-refractivity contribution in [2.45, 2.75) is 19.0 Å². The van der Waals surface area contributed by atoms with Crippen LogP contribution in [-0.2, 0) is 14.4 Å². The molecule has 0 aromatic heterocycles. The third kappa shape index (κ3) is 2.77. The minimum atomic E-state index is -0.800. The molecule has 164 valence electrons. The second-order valence-corrected chi connectivity index (χ2v) is 8.55. The molecule has 3 heterocycles. The van der Waals surface area contributed by atoms with Crippen LogP contribution in [0.3, 0.4) is 0 Å². The van der Waals surface area contributed by atoms with E-state index < -0.39 is 29.8 Å². The summed E-state index contributed by atoms with van der Waals surface area (Å²) in [5.74, 6) is -1.38. The Morgan fingerprint density at radius 2 is 1.72 bits per heavy atom. The number of amides is 2. The van der Waals surface area contributed by atoms with Gasteiger partial charge in [-0.15, -0.1) is 0 Å². The lowest BCUT2D eigenvalue weighted by molar-refractivity contribution is -0.126. The topological polar surface area (TPSA) is 76.1 Å². The van der Waals surface area contributed by atoms with Gasteiger partial charge in [0.05, 0.1) is 37.8 Å². The summed E-state index contributed by atoms with van der Waals surface area (Å²) in [5.41, 5.74) is 1.98. The van der Waals surface area contributed by atoms with Crippen molar-refractivity contribution < 1.29 is 23.9 Å². The quantitative estimate of drug-likeness (QED) is 0.662. The average Bonchev–Trinajstić information content (AvgIpc) is 3.26. The van der Waals surface area contributed by atoms with Gasteiger partial charge in [-0.2, -0.15) is 0 Å². The van der Waals surface area contributed by atoms with E-state index in [-0.39, 0.29) is 11.7 Å². The highest BCUT2D eigenvalue weighted by atomic mass is 35.5. The van der Waals surface area contributed by atoms with Crippen molar-refractivity contribution >= 4 is 46.6 Å². The van der Waals surface area contributed by atoms with Gasteiger partial charge >= 0.3 is 0 Å². The van der Waals surface area contributed by atoms with Crippen molar-refractivity contribution in [1.82, 2.24) is 0 Å². The predicted octanol–water partition coefficient (Wildman–Crippen LogP) is 3.34. The van der Waals surface area contributed by atoms with E-state index >= 15 is 0 Å². The number of carbonyl (C=O) groups is 3. The van der Waals surface area contributed by atoms with Crippen LogP contribution in [0.2, 0.25) is 5.02 Å². The van der Waals surface area contributed by atoms with Gasteiger partial charge in [-0.1, -0.05) is 23.8 Å². The van der Waals surface area contributed by atoms with Crippen LogP contribution in [0, 0.1) is 11.8 Å². The number of benzene rings is 2. The van der Waals surface area contributed by atoms with Crippen LogP contribution in [0.5, 0.6) is 11.5 Å². The molecule has 0 radical (unpaired) electrons. The molecule has 0 unspecified atom stereocenters.